The second-order valence-corrected chi connectivity index (χ2v) is 9.08. The van der Waals surface area contributed by atoms with Gasteiger partial charge in [0.05, 0.1) is 6.04 Å². The highest BCUT2D eigenvalue weighted by molar-refractivity contribution is 6.05. The Morgan fingerprint density at radius 2 is 1.94 bits per heavy atom. The van der Waals surface area contributed by atoms with E-state index in [0.29, 0.717) is 25.1 Å². The molecule has 2 fully saturated rings. The number of amides is 4. The lowest BCUT2D eigenvalue weighted by Gasteiger charge is -2.36. The summed E-state index contributed by atoms with van der Waals surface area (Å²) in [5.41, 5.74) is 2.33. The fourth-order valence-corrected chi connectivity index (χ4v) is 4.88. The van der Waals surface area contributed by atoms with Gasteiger partial charge >= 0.3 is 0 Å². The van der Waals surface area contributed by atoms with Crippen molar-refractivity contribution in [2.24, 2.45) is 5.92 Å². The fourth-order valence-electron chi connectivity index (χ4n) is 4.88. The van der Waals surface area contributed by atoms with E-state index in [2.05, 4.69) is 34.7 Å². The molecular weight excluding hydrogens is 410 g/mol. The van der Waals surface area contributed by atoms with Crippen LogP contribution in [-0.2, 0) is 27.5 Å². The average Bonchev–Trinajstić information content (AvgIpc) is 3.08. The Morgan fingerprint density at radius 3 is 2.62 bits per heavy atom. The summed E-state index contributed by atoms with van der Waals surface area (Å²) in [6.07, 6.45) is 0.577. The lowest BCUT2D eigenvalue weighted by molar-refractivity contribution is -0.137. The molecule has 1 aromatic rings. The monoisotopic (exact) mass is 441 g/mol. The molecule has 2 atom stereocenters. The molecule has 32 heavy (non-hydrogen) atoms. The number of carbonyl (C=O) groups is 4. The molecule has 172 valence electrons. The van der Waals surface area contributed by atoms with Crippen LogP contribution in [0.1, 0.15) is 48.2 Å². The molecule has 0 aliphatic carbocycles. The maximum Gasteiger partial charge on any atom is 0.255 e. The van der Waals surface area contributed by atoms with Gasteiger partial charge in [0.25, 0.3) is 5.91 Å². The van der Waals surface area contributed by atoms with E-state index < -0.39 is 11.9 Å². The number of imide groups is 1. The van der Waals surface area contributed by atoms with Crippen LogP contribution in [0.4, 0.5) is 0 Å². The van der Waals surface area contributed by atoms with E-state index in [1.54, 1.807) is 6.07 Å². The molecule has 3 N–H and O–H groups in total. The van der Waals surface area contributed by atoms with Crippen LogP contribution in [0.15, 0.2) is 18.2 Å². The smallest absolute Gasteiger partial charge is 0.255 e. The number of piperidine rings is 1. The van der Waals surface area contributed by atoms with Crippen molar-refractivity contribution >= 4 is 23.6 Å². The van der Waals surface area contributed by atoms with Gasteiger partial charge in [-0.3, -0.25) is 29.4 Å². The molecule has 0 spiro atoms. The molecular formula is C23H31N5O4. The van der Waals surface area contributed by atoms with E-state index in [1.807, 2.05) is 12.1 Å². The number of rotatable bonds is 6. The van der Waals surface area contributed by atoms with Crippen LogP contribution in [0.3, 0.4) is 0 Å². The molecule has 9 heteroatoms. The minimum Gasteiger partial charge on any atom is -0.351 e. The summed E-state index contributed by atoms with van der Waals surface area (Å²) in [5.74, 6) is -0.684. The second kappa shape index (κ2) is 9.38. The summed E-state index contributed by atoms with van der Waals surface area (Å²) in [4.78, 5) is 53.2. The van der Waals surface area contributed by atoms with Gasteiger partial charge in [0.1, 0.15) is 6.04 Å². The van der Waals surface area contributed by atoms with E-state index in [1.165, 1.54) is 4.90 Å². The highest BCUT2D eigenvalue weighted by Gasteiger charge is 2.39. The van der Waals surface area contributed by atoms with Crippen molar-refractivity contribution in [3.63, 3.8) is 0 Å². The molecule has 0 aromatic heterocycles. The maximum absolute atomic E-state index is 13.0. The summed E-state index contributed by atoms with van der Waals surface area (Å²) in [6, 6.07) is 4.74. The quantitative estimate of drug-likeness (QED) is 0.536. The van der Waals surface area contributed by atoms with Gasteiger partial charge in [0, 0.05) is 51.3 Å². The van der Waals surface area contributed by atoms with Crippen molar-refractivity contribution in [1.82, 2.24) is 25.8 Å². The standard InChI is InChI=1S/C23H31N5O4/c1-14(2)20(27-9-7-24-8-10-27)22(31)25-12-15-3-4-17-16(11-15)13-28(23(17)32)18-5-6-19(29)26-21(18)30/h3-4,11,14,18,20,24H,5-10,12-13H2,1-2H3,(H,25,31)(H,26,29,30). The first kappa shape index (κ1) is 22.4. The zero-order valence-corrected chi connectivity index (χ0v) is 18.6. The molecule has 9 nitrogen and oxygen atoms in total. The van der Waals surface area contributed by atoms with Crippen molar-refractivity contribution < 1.29 is 19.2 Å². The predicted octanol–water partition coefficient (Wildman–Crippen LogP) is -0.00640. The van der Waals surface area contributed by atoms with E-state index in [-0.39, 0.29) is 36.1 Å². The van der Waals surface area contributed by atoms with Crippen molar-refractivity contribution in [3.05, 3.63) is 34.9 Å². The molecule has 0 radical (unpaired) electrons. The Bertz CT molecular complexity index is 925. The van der Waals surface area contributed by atoms with Crippen LogP contribution in [0.2, 0.25) is 0 Å². The molecule has 4 rings (SSSR count). The number of hydrogen-bond acceptors (Lipinski definition) is 6. The Balaban J connectivity index is 1.40. The minimum absolute atomic E-state index is 0.0173. The third kappa shape index (κ3) is 4.54. The molecule has 0 saturated carbocycles. The largest absolute Gasteiger partial charge is 0.351 e. The molecule has 0 bridgehead atoms. The van der Waals surface area contributed by atoms with Gasteiger partial charge in [-0.1, -0.05) is 26.0 Å². The van der Waals surface area contributed by atoms with Gasteiger partial charge in [-0.25, -0.2) is 0 Å². The zero-order chi connectivity index (χ0) is 22.8. The van der Waals surface area contributed by atoms with Crippen LogP contribution in [0.25, 0.3) is 0 Å². The number of carbonyl (C=O) groups excluding carboxylic acids is 4. The number of benzene rings is 1. The van der Waals surface area contributed by atoms with Crippen molar-refractivity contribution in [2.75, 3.05) is 26.2 Å². The van der Waals surface area contributed by atoms with Gasteiger partial charge in [-0.05, 0) is 29.5 Å². The third-order valence-corrected chi connectivity index (χ3v) is 6.50. The predicted molar refractivity (Wildman–Crippen MR) is 117 cm³/mol. The summed E-state index contributed by atoms with van der Waals surface area (Å²) < 4.78 is 0. The van der Waals surface area contributed by atoms with Crippen LogP contribution >= 0.6 is 0 Å². The van der Waals surface area contributed by atoms with Gasteiger partial charge in [-0.15, -0.1) is 0 Å². The van der Waals surface area contributed by atoms with E-state index in [0.717, 1.165) is 37.3 Å². The van der Waals surface area contributed by atoms with Gasteiger partial charge in [0.2, 0.25) is 17.7 Å². The second-order valence-electron chi connectivity index (χ2n) is 9.08. The molecule has 2 saturated heterocycles. The molecule has 3 aliphatic rings. The summed E-state index contributed by atoms with van der Waals surface area (Å²) in [6.45, 7) is 8.33. The van der Waals surface area contributed by atoms with Gasteiger partial charge in [0.15, 0.2) is 0 Å². The van der Waals surface area contributed by atoms with Crippen LogP contribution in [-0.4, -0.2) is 71.7 Å². The number of nitrogens with zero attached hydrogens (tertiary/aromatic N) is 2. The van der Waals surface area contributed by atoms with Crippen LogP contribution < -0.4 is 16.0 Å². The Kier molecular flexibility index (Phi) is 6.57. The minimum atomic E-state index is -0.624. The number of piperazine rings is 1. The topological polar surface area (TPSA) is 111 Å². The molecule has 2 unspecified atom stereocenters. The van der Waals surface area contributed by atoms with E-state index >= 15 is 0 Å². The SMILES string of the molecule is CC(C)C(C(=O)NCc1ccc2c(c1)CN(C1CCC(=O)NC1=O)C2=O)N1CCNCC1. The van der Waals surface area contributed by atoms with Gasteiger partial charge < -0.3 is 15.5 Å². The van der Waals surface area contributed by atoms with Crippen molar-refractivity contribution in [3.8, 4) is 0 Å². The van der Waals surface area contributed by atoms with E-state index in [9.17, 15) is 19.2 Å². The summed E-state index contributed by atoms with van der Waals surface area (Å²) in [5, 5.41) is 8.70. The number of hydrogen-bond donors (Lipinski definition) is 3. The third-order valence-electron chi connectivity index (χ3n) is 6.50. The fraction of sp³-hybridized carbons (Fsp3) is 0.565. The maximum atomic E-state index is 13.0. The Morgan fingerprint density at radius 1 is 1.19 bits per heavy atom. The normalized spacial score (nSPS) is 22.7. The first-order valence-electron chi connectivity index (χ1n) is 11.3. The Labute approximate surface area is 187 Å². The van der Waals surface area contributed by atoms with Crippen LogP contribution in [0.5, 0.6) is 0 Å². The lowest BCUT2D eigenvalue weighted by atomic mass is 10.0. The highest BCUT2D eigenvalue weighted by atomic mass is 16.2. The number of nitrogens with one attached hydrogen (secondary N) is 3. The molecule has 1 aromatic carbocycles. The van der Waals surface area contributed by atoms with Crippen LogP contribution in [0, 0.1) is 5.92 Å². The summed E-state index contributed by atoms with van der Waals surface area (Å²) in [7, 11) is 0. The summed E-state index contributed by atoms with van der Waals surface area (Å²) >= 11 is 0. The Hall–Kier alpha value is -2.78. The first-order chi connectivity index (χ1) is 15.3. The van der Waals surface area contributed by atoms with Crippen molar-refractivity contribution in [1.29, 1.82) is 0 Å². The lowest BCUT2D eigenvalue weighted by Crippen LogP contribution is -2.55. The van der Waals surface area contributed by atoms with Crippen molar-refractivity contribution in [2.45, 2.75) is 51.9 Å². The average molecular weight is 442 g/mol. The molecule has 4 amide bonds. The molecule has 3 aliphatic heterocycles. The first-order valence-corrected chi connectivity index (χ1v) is 11.3. The zero-order valence-electron chi connectivity index (χ0n) is 18.6. The number of fused-ring (bicyclic) bond motifs is 1. The molecule has 3 heterocycles. The van der Waals surface area contributed by atoms with Gasteiger partial charge in [-0.2, -0.15) is 0 Å². The van der Waals surface area contributed by atoms with E-state index in [4.69, 9.17) is 0 Å². The highest BCUT2D eigenvalue weighted by Crippen LogP contribution is 2.28.